The minimum atomic E-state index is 0.528. The largest absolute Gasteiger partial charge is 0.356 e. The van der Waals surface area contributed by atoms with Crippen molar-refractivity contribution in [3.05, 3.63) is 17.5 Å². The minimum Gasteiger partial charge on any atom is -0.356 e. The lowest BCUT2D eigenvalue weighted by Gasteiger charge is -2.22. The van der Waals surface area contributed by atoms with Crippen LogP contribution in [-0.2, 0) is 0 Å². The van der Waals surface area contributed by atoms with Gasteiger partial charge in [-0.2, -0.15) is 0 Å². The Morgan fingerprint density at radius 2 is 2.00 bits per heavy atom. The molecule has 4 heteroatoms. The predicted octanol–water partition coefficient (Wildman–Crippen LogP) is 2.22. The summed E-state index contributed by atoms with van der Waals surface area (Å²) < 4.78 is 0. The molecule has 2 unspecified atom stereocenters. The van der Waals surface area contributed by atoms with Crippen LogP contribution in [0.1, 0.15) is 13.8 Å². The molecule has 0 bridgehead atoms. The highest BCUT2D eigenvalue weighted by molar-refractivity contribution is 6.29. The lowest BCUT2D eigenvalue weighted by atomic mass is 10.1. The van der Waals surface area contributed by atoms with Crippen molar-refractivity contribution in [2.75, 3.05) is 18.0 Å². The summed E-state index contributed by atoms with van der Waals surface area (Å²) in [5, 5.41) is 0.528. The Hall–Kier alpha value is -0.830. The van der Waals surface area contributed by atoms with Gasteiger partial charge >= 0.3 is 0 Å². The summed E-state index contributed by atoms with van der Waals surface area (Å²) in [5.41, 5.74) is 0.549. The molecule has 2 heterocycles. The van der Waals surface area contributed by atoms with Gasteiger partial charge in [-0.25, -0.2) is 9.97 Å². The maximum absolute atomic E-state index is 5.85. The van der Waals surface area contributed by atoms with Gasteiger partial charge in [0.15, 0.2) is 0 Å². The summed E-state index contributed by atoms with van der Waals surface area (Å²) in [6.07, 6.45) is 1.53. The second kappa shape index (κ2) is 2.85. The topological polar surface area (TPSA) is 29.0 Å². The van der Waals surface area contributed by atoms with Crippen LogP contribution in [0.25, 0.3) is 0 Å². The smallest absolute Gasteiger partial charge is 0.134 e. The van der Waals surface area contributed by atoms with Gasteiger partial charge in [0.25, 0.3) is 0 Å². The molecule has 0 amide bonds. The van der Waals surface area contributed by atoms with E-state index in [0.29, 0.717) is 10.6 Å². The zero-order chi connectivity index (χ0) is 10.6. The van der Waals surface area contributed by atoms with Gasteiger partial charge in [-0.3, -0.25) is 0 Å². The van der Waals surface area contributed by atoms with Crippen molar-refractivity contribution in [1.29, 1.82) is 0 Å². The van der Waals surface area contributed by atoms with E-state index in [9.17, 15) is 0 Å². The predicted molar refractivity (Wildman–Crippen MR) is 60.0 cm³/mol. The van der Waals surface area contributed by atoms with Crippen LogP contribution >= 0.6 is 11.6 Å². The van der Waals surface area contributed by atoms with E-state index in [1.54, 1.807) is 0 Å². The van der Waals surface area contributed by atoms with Crippen LogP contribution in [0.2, 0.25) is 5.15 Å². The summed E-state index contributed by atoms with van der Waals surface area (Å²) in [5.74, 6) is 2.65. The Morgan fingerprint density at radius 3 is 2.60 bits per heavy atom. The molecule has 0 radical (unpaired) electrons. The minimum absolute atomic E-state index is 0.528. The van der Waals surface area contributed by atoms with Gasteiger partial charge in [0, 0.05) is 19.2 Å². The Morgan fingerprint density at radius 1 is 1.33 bits per heavy atom. The van der Waals surface area contributed by atoms with Crippen LogP contribution in [0, 0.1) is 17.3 Å². The third kappa shape index (κ3) is 1.33. The molecule has 0 N–H and O–H groups in total. The van der Waals surface area contributed by atoms with Crippen molar-refractivity contribution in [3.63, 3.8) is 0 Å². The normalized spacial score (nSPS) is 31.5. The first kappa shape index (κ1) is 9.40. The molecule has 2 atom stereocenters. The number of aromatic nitrogens is 2. The number of hydrogen-bond acceptors (Lipinski definition) is 3. The molecule has 2 fully saturated rings. The molecule has 2 aliphatic rings. The molecule has 1 aromatic heterocycles. The molecule has 1 aliphatic carbocycles. The Labute approximate surface area is 94.5 Å². The van der Waals surface area contributed by atoms with Crippen LogP contribution in [0.3, 0.4) is 0 Å². The molecular formula is C11H14ClN3. The molecule has 80 valence electrons. The van der Waals surface area contributed by atoms with Crippen molar-refractivity contribution < 1.29 is 0 Å². The fourth-order valence-corrected chi connectivity index (χ4v) is 2.96. The number of rotatable bonds is 1. The van der Waals surface area contributed by atoms with Crippen molar-refractivity contribution in [1.82, 2.24) is 9.97 Å². The monoisotopic (exact) mass is 223 g/mol. The number of piperidine rings is 1. The second-order valence-corrected chi connectivity index (χ2v) is 5.53. The molecule has 1 saturated heterocycles. The van der Waals surface area contributed by atoms with E-state index in [1.807, 2.05) is 6.07 Å². The Kier molecular flexibility index (Phi) is 1.78. The first-order valence-corrected chi connectivity index (χ1v) is 5.69. The van der Waals surface area contributed by atoms with Gasteiger partial charge in [-0.05, 0) is 17.3 Å². The number of halogens is 1. The highest BCUT2D eigenvalue weighted by atomic mass is 35.5. The number of nitrogens with zero attached hydrogens (tertiary/aromatic N) is 3. The molecule has 1 aromatic rings. The van der Waals surface area contributed by atoms with E-state index in [1.165, 1.54) is 6.33 Å². The van der Waals surface area contributed by atoms with Crippen molar-refractivity contribution in [3.8, 4) is 0 Å². The standard InChI is InChI=1S/C11H14ClN3/c1-11(2)7-4-15(5-8(7)11)10-3-9(12)13-6-14-10/h3,6-8H,4-5H2,1-2H3. The third-order valence-electron chi connectivity index (χ3n) is 4.07. The van der Waals surface area contributed by atoms with Crippen molar-refractivity contribution in [2.45, 2.75) is 13.8 Å². The van der Waals surface area contributed by atoms with E-state index >= 15 is 0 Å². The first-order valence-electron chi connectivity index (χ1n) is 5.31. The van der Waals surface area contributed by atoms with E-state index in [0.717, 1.165) is 30.7 Å². The fourth-order valence-electron chi connectivity index (χ4n) is 2.82. The summed E-state index contributed by atoms with van der Waals surface area (Å²) in [6.45, 7) is 6.94. The van der Waals surface area contributed by atoms with Crippen LogP contribution < -0.4 is 4.90 Å². The number of anilines is 1. The highest BCUT2D eigenvalue weighted by Gasteiger charge is 2.62. The first-order chi connectivity index (χ1) is 7.09. The molecule has 3 rings (SSSR count). The van der Waals surface area contributed by atoms with Gasteiger partial charge in [0.1, 0.15) is 17.3 Å². The van der Waals surface area contributed by atoms with Gasteiger partial charge < -0.3 is 4.90 Å². The Balaban J connectivity index is 1.78. The SMILES string of the molecule is CC1(C)C2CN(c3cc(Cl)ncn3)CC21. The molecular weight excluding hydrogens is 210 g/mol. The van der Waals surface area contributed by atoms with Crippen LogP contribution in [0.15, 0.2) is 12.4 Å². The summed E-state index contributed by atoms with van der Waals surface area (Å²) in [6, 6.07) is 1.85. The zero-order valence-electron chi connectivity index (χ0n) is 8.94. The third-order valence-corrected chi connectivity index (χ3v) is 4.27. The maximum Gasteiger partial charge on any atom is 0.134 e. The van der Waals surface area contributed by atoms with Gasteiger partial charge in [-0.1, -0.05) is 25.4 Å². The fraction of sp³-hybridized carbons (Fsp3) is 0.636. The van der Waals surface area contributed by atoms with Crippen LogP contribution in [0.4, 0.5) is 5.82 Å². The van der Waals surface area contributed by atoms with E-state index in [-0.39, 0.29) is 0 Å². The number of fused-ring (bicyclic) bond motifs is 1. The lowest BCUT2D eigenvalue weighted by Crippen LogP contribution is -2.26. The molecule has 0 spiro atoms. The highest BCUT2D eigenvalue weighted by Crippen LogP contribution is 2.62. The molecule has 1 saturated carbocycles. The van der Waals surface area contributed by atoms with Crippen LogP contribution in [0.5, 0.6) is 0 Å². The quantitative estimate of drug-likeness (QED) is 0.684. The van der Waals surface area contributed by atoms with E-state index in [4.69, 9.17) is 11.6 Å². The zero-order valence-corrected chi connectivity index (χ0v) is 9.70. The van der Waals surface area contributed by atoms with E-state index < -0.39 is 0 Å². The summed E-state index contributed by atoms with van der Waals surface area (Å²) in [7, 11) is 0. The second-order valence-electron chi connectivity index (χ2n) is 5.14. The average molecular weight is 224 g/mol. The summed E-state index contributed by atoms with van der Waals surface area (Å²) in [4.78, 5) is 10.5. The molecule has 1 aliphatic heterocycles. The van der Waals surface area contributed by atoms with Gasteiger partial charge in [-0.15, -0.1) is 0 Å². The van der Waals surface area contributed by atoms with E-state index in [2.05, 4.69) is 28.7 Å². The Bertz CT molecular complexity index is 391. The lowest BCUT2D eigenvalue weighted by molar-refractivity contribution is 0.498. The van der Waals surface area contributed by atoms with Crippen molar-refractivity contribution >= 4 is 17.4 Å². The maximum atomic E-state index is 5.85. The molecule has 3 nitrogen and oxygen atoms in total. The average Bonchev–Trinajstić information content (AvgIpc) is 2.63. The van der Waals surface area contributed by atoms with Gasteiger partial charge in [0.05, 0.1) is 0 Å². The molecule has 15 heavy (non-hydrogen) atoms. The summed E-state index contributed by atoms with van der Waals surface area (Å²) >= 11 is 5.85. The van der Waals surface area contributed by atoms with Crippen LogP contribution in [-0.4, -0.2) is 23.1 Å². The van der Waals surface area contributed by atoms with Gasteiger partial charge in [0.2, 0.25) is 0 Å². The van der Waals surface area contributed by atoms with Crippen molar-refractivity contribution in [2.24, 2.45) is 17.3 Å². The number of hydrogen-bond donors (Lipinski definition) is 0. The molecule has 0 aromatic carbocycles.